The Labute approximate surface area is 216 Å². The lowest BCUT2D eigenvalue weighted by atomic mass is 10.2. The average molecular weight is 507 g/mol. The number of amides is 2. The fourth-order valence-corrected chi connectivity index (χ4v) is 4.16. The predicted octanol–water partition coefficient (Wildman–Crippen LogP) is 5.76. The van der Waals surface area contributed by atoms with Crippen LogP contribution in [0, 0.1) is 0 Å². The third-order valence-corrected chi connectivity index (χ3v) is 6.02. The molecule has 2 amide bonds. The standard InChI is InChI=1S/C27H20N7O2S/c28-21-8-1-2-9-22(21)33-26(36)23-11-10-18(15-30-23)25(35)31-19-6-3-7-20(13-19)32-27-34-24(16-37-27)17-5-4-12-29-14-17/h1-16,28H,(H,31,35)(H,32,34)(H,33,36). The van der Waals surface area contributed by atoms with Crippen LogP contribution in [0.2, 0.25) is 0 Å². The van der Waals surface area contributed by atoms with Crippen molar-refractivity contribution in [2.24, 2.45) is 0 Å². The van der Waals surface area contributed by atoms with E-state index in [4.69, 9.17) is 5.73 Å². The summed E-state index contributed by atoms with van der Waals surface area (Å²) in [5.74, 6) is -0.819. The summed E-state index contributed by atoms with van der Waals surface area (Å²) in [5, 5.41) is 11.4. The van der Waals surface area contributed by atoms with Gasteiger partial charge in [-0.2, -0.15) is 0 Å². The molecule has 0 bridgehead atoms. The van der Waals surface area contributed by atoms with Crippen LogP contribution in [0.25, 0.3) is 11.3 Å². The number of para-hydroxylation sites is 1. The summed E-state index contributed by atoms with van der Waals surface area (Å²) in [6.07, 6.45) is 4.82. The number of pyridine rings is 2. The van der Waals surface area contributed by atoms with Gasteiger partial charge in [-0.1, -0.05) is 18.2 Å². The van der Waals surface area contributed by atoms with Gasteiger partial charge in [0.25, 0.3) is 11.8 Å². The first-order chi connectivity index (χ1) is 18.0. The lowest BCUT2D eigenvalue weighted by Crippen LogP contribution is -2.16. The zero-order valence-corrected chi connectivity index (χ0v) is 20.1. The second-order valence-electron chi connectivity index (χ2n) is 7.87. The molecule has 1 radical (unpaired) electrons. The maximum Gasteiger partial charge on any atom is 0.274 e. The fourth-order valence-electron chi connectivity index (χ4n) is 3.42. The Kier molecular flexibility index (Phi) is 6.82. The van der Waals surface area contributed by atoms with Crippen molar-refractivity contribution >= 4 is 51.0 Å². The van der Waals surface area contributed by atoms with Crippen molar-refractivity contribution in [2.45, 2.75) is 0 Å². The Morgan fingerprint density at radius 3 is 2.49 bits per heavy atom. The number of rotatable bonds is 7. The lowest BCUT2D eigenvalue weighted by Gasteiger charge is -2.09. The number of hydrogen-bond acceptors (Lipinski definition) is 7. The van der Waals surface area contributed by atoms with Gasteiger partial charge in [0.05, 0.1) is 22.6 Å². The molecule has 3 aromatic heterocycles. The molecule has 0 saturated heterocycles. The maximum absolute atomic E-state index is 12.7. The second kappa shape index (κ2) is 10.7. The molecule has 0 aliphatic carbocycles. The number of benzene rings is 2. The summed E-state index contributed by atoms with van der Waals surface area (Å²) in [6.45, 7) is 0. The number of aromatic nitrogens is 3. The van der Waals surface area contributed by atoms with Crippen LogP contribution < -0.4 is 21.7 Å². The molecule has 0 aliphatic rings. The third-order valence-electron chi connectivity index (χ3n) is 5.27. The number of carbonyl (C=O) groups is 2. The van der Waals surface area contributed by atoms with E-state index >= 15 is 0 Å². The molecule has 0 spiro atoms. The van der Waals surface area contributed by atoms with Crippen molar-refractivity contribution in [1.29, 1.82) is 0 Å². The number of hydrogen-bond donors (Lipinski definition) is 3. The minimum atomic E-state index is -0.459. The van der Waals surface area contributed by atoms with Gasteiger partial charge in [0.2, 0.25) is 0 Å². The molecule has 9 nitrogen and oxygen atoms in total. The van der Waals surface area contributed by atoms with Crippen LogP contribution in [0.4, 0.5) is 27.9 Å². The molecule has 0 fully saturated rings. The van der Waals surface area contributed by atoms with Gasteiger partial charge in [0.1, 0.15) is 5.69 Å². The molecule has 0 saturated carbocycles. The normalized spacial score (nSPS) is 10.5. The molecule has 0 atom stereocenters. The number of nitrogens with zero attached hydrogens (tertiary/aromatic N) is 3. The van der Waals surface area contributed by atoms with Crippen molar-refractivity contribution < 1.29 is 9.59 Å². The van der Waals surface area contributed by atoms with Gasteiger partial charge < -0.3 is 16.0 Å². The molecule has 37 heavy (non-hydrogen) atoms. The summed E-state index contributed by atoms with van der Waals surface area (Å²) >= 11 is 1.47. The van der Waals surface area contributed by atoms with Crippen molar-refractivity contribution in [3.8, 4) is 11.3 Å². The van der Waals surface area contributed by atoms with Crippen LogP contribution in [0.1, 0.15) is 20.8 Å². The summed E-state index contributed by atoms with van der Waals surface area (Å²) in [5.41, 5.74) is 12.0. The number of carbonyl (C=O) groups excluding carboxylic acids is 2. The van der Waals surface area contributed by atoms with Gasteiger partial charge in [-0.3, -0.25) is 25.3 Å². The third kappa shape index (κ3) is 5.77. The minimum absolute atomic E-state index is 0.139. The van der Waals surface area contributed by atoms with Gasteiger partial charge >= 0.3 is 0 Å². The Bertz CT molecular complexity index is 1550. The van der Waals surface area contributed by atoms with Crippen LogP contribution >= 0.6 is 11.3 Å². The number of nitrogens with one attached hydrogen (secondary N) is 4. The minimum Gasteiger partial charge on any atom is -0.331 e. The average Bonchev–Trinajstić information content (AvgIpc) is 3.39. The Balaban J connectivity index is 1.22. The highest BCUT2D eigenvalue weighted by atomic mass is 32.1. The molecule has 5 rings (SSSR count). The van der Waals surface area contributed by atoms with Crippen LogP contribution in [0.15, 0.2) is 96.8 Å². The van der Waals surface area contributed by atoms with Crippen LogP contribution in [-0.4, -0.2) is 26.8 Å². The number of thiazole rings is 1. The van der Waals surface area contributed by atoms with Gasteiger partial charge in [-0.05, 0) is 54.6 Å². The van der Waals surface area contributed by atoms with Crippen molar-refractivity contribution in [3.63, 3.8) is 0 Å². The van der Waals surface area contributed by atoms with E-state index in [0.717, 1.165) is 16.9 Å². The molecule has 0 unspecified atom stereocenters. The first kappa shape index (κ1) is 23.6. The Morgan fingerprint density at radius 2 is 1.70 bits per heavy atom. The highest BCUT2D eigenvalue weighted by molar-refractivity contribution is 7.14. The molecule has 5 aromatic rings. The molecule has 10 heteroatoms. The van der Waals surface area contributed by atoms with Gasteiger partial charge in [-0.15, -0.1) is 11.3 Å². The first-order valence-corrected chi connectivity index (χ1v) is 12.1. The van der Waals surface area contributed by atoms with Crippen LogP contribution in [0.3, 0.4) is 0 Å². The Hall–Kier alpha value is -5.09. The molecular weight excluding hydrogens is 486 g/mol. The van der Waals surface area contributed by atoms with E-state index in [-0.39, 0.29) is 17.3 Å². The van der Waals surface area contributed by atoms with Gasteiger partial charge in [0, 0.05) is 40.9 Å². The highest BCUT2D eigenvalue weighted by Gasteiger charge is 2.13. The van der Waals surface area contributed by atoms with E-state index in [1.807, 2.05) is 29.6 Å². The van der Waals surface area contributed by atoms with E-state index in [2.05, 4.69) is 30.9 Å². The van der Waals surface area contributed by atoms with Crippen LogP contribution in [-0.2, 0) is 0 Å². The zero-order chi connectivity index (χ0) is 25.6. The smallest absolute Gasteiger partial charge is 0.274 e. The lowest BCUT2D eigenvalue weighted by molar-refractivity contribution is 0.101. The largest absolute Gasteiger partial charge is 0.331 e. The van der Waals surface area contributed by atoms with Crippen molar-refractivity contribution in [2.75, 3.05) is 16.0 Å². The molecule has 0 aliphatic heterocycles. The summed E-state index contributed by atoms with van der Waals surface area (Å²) in [7, 11) is 0. The summed E-state index contributed by atoms with van der Waals surface area (Å²) in [4.78, 5) is 38.0. The molecule has 2 aromatic carbocycles. The first-order valence-electron chi connectivity index (χ1n) is 11.2. The quantitative estimate of drug-likeness (QED) is 0.257. The van der Waals surface area contributed by atoms with E-state index in [0.29, 0.717) is 22.1 Å². The highest BCUT2D eigenvalue weighted by Crippen LogP contribution is 2.27. The monoisotopic (exact) mass is 506 g/mol. The Morgan fingerprint density at radius 1 is 0.838 bits per heavy atom. The van der Waals surface area contributed by atoms with E-state index in [1.54, 1.807) is 48.8 Å². The molecular formula is C27H20N7O2S. The molecule has 3 heterocycles. The number of anilines is 4. The summed E-state index contributed by atoms with van der Waals surface area (Å²) < 4.78 is 0. The van der Waals surface area contributed by atoms with Gasteiger partial charge in [-0.25, -0.2) is 4.98 Å². The molecule has 181 valence electrons. The fraction of sp³-hybridized carbons (Fsp3) is 0. The topological polar surface area (TPSA) is 133 Å². The van der Waals surface area contributed by atoms with E-state index in [9.17, 15) is 9.59 Å². The van der Waals surface area contributed by atoms with Crippen molar-refractivity contribution in [3.05, 3.63) is 108 Å². The molecule has 4 N–H and O–H groups in total. The predicted molar refractivity (Wildman–Crippen MR) is 144 cm³/mol. The maximum atomic E-state index is 12.7. The van der Waals surface area contributed by atoms with Crippen LogP contribution in [0.5, 0.6) is 0 Å². The second-order valence-corrected chi connectivity index (χ2v) is 8.73. The van der Waals surface area contributed by atoms with E-state index < -0.39 is 5.91 Å². The SMILES string of the molecule is [NH]c1ccccc1NC(=O)c1ccc(C(=O)Nc2cccc(Nc3nc(-c4cccnc4)cs3)c2)cn1. The van der Waals surface area contributed by atoms with E-state index in [1.165, 1.54) is 29.7 Å². The van der Waals surface area contributed by atoms with Gasteiger partial charge in [0.15, 0.2) is 5.13 Å². The summed E-state index contributed by atoms with van der Waals surface area (Å²) in [6, 6.07) is 20.8. The zero-order valence-electron chi connectivity index (χ0n) is 19.3. The van der Waals surface area contributed by atoms with Crippen molar-refractivity contribution in [1.82, 2.24) is 20.7 Å².